The predicted octanol–water partition coefficient (Wildman–Crippen LogP) is 4.72. The Morgan fingerprint density at radius 3 is 2.33 bits per heavy atom. The molecule has 0 aliphatic heterocycles. The number of esters is 1. The summed E-state index contributed by atoms with van der Waals surface area (Å²) in [6, 6.07) is 22.6. The lowest BCUT2D eigenvalue weighted by molar-refractivity contribution is -0.136. The molecular weight excluding hydrogens is 458 g/mol. The summed E-state index contributed by atoms with van der Waals surface area (Å²) in [6.07, 6.45) is 1.96. The van der Waals surface area contributed by atoms with Crippen LogP contribution in [-0.4, -0.2) is 18.1 Å². The van der Waals surface area contributed by atoms with E-state index in [2.05, 4.69) is 5.32 Å². The van der Waals surface area contributed by atoms with E-state index in [0.717, 1.165) is 46.9 Å². The topological polar surface area (TPSA) is 94.8 Å². The number of hydrogen-bond acceptors (Lipinski definition) is 6. The number of benzene rings is 3. The standard InChI is InChI=1S/C29H25NO6/c31-27-24-13-7-12-22(24)23-15-14-21(17-26(23)36-27)35-28(32)25(16-19-8-3-1-4-9-19)30-29(33)34-18-20-10-5-2-6-11-20/h1-6,8-11,14-15,17,25H,7,12-13,16,18H2,(H,30,33). The van der Waals surface area contributed by atoms with Crippen molar-refractivity contribution < 1.29 is 23.5 Å². The zero-order chi connectivity index (χ0) is 24.9. The van der Waals surface area contributed by atoms with E-state index in [9.17, 15) is 14.4 Å². The maximum atomic E-state index is 13.1. The largest absolute Gasteiger partial charge is 0.445 e. The summed E-state index contributed by atoms with van der Waals surface area (Å²) >= 11 is 0. The van der Waals surface area contributed by atoms with E-state index in [-0.39, 0.29) is 24.4 Å². The molecule has 7 heteroatoms. The molecular formula is C29H25NO6. The minimum Gasteiger partial charge on any atom is -0.445 e. The third kappa shape index (κ3) is 5.30. The number of ether oxygens (including phenoxy) is 2. The summed E-state index contributed by atoms with van der Waals surface area (Å²) in [7, 11) is 0. The smallest absolute Gasteiger partial charge is 0.408 e. The van der Waals surface area contributed by atoms with Crippen LogP contribution >= 0.6 is 0 Å². The van der Waals surface area contributed by atoms with Crippen molar-refractivity contribution in [1.82, 2.24) is 5.32 Å². The summed E-state index contributed by atoms with van der Waals surface area (Å²) in [6.45, 7) is 0.0772. The van der Waals surface area contributed by atoms with Crippen molar-refractivity contribution in [2.45, 2.75) is 38.3 Å². The highest BCUT2D eigenvalue weighted by Gasteiger charge is 2.25. The number of hydrogen-bond donors (Lipinski definition) is 1. The molecule has 0 bridgehead atoms. The highest BCUT2D eigenvalue weighted by atomic mass is 16.6. The molecule has 4 aromatic rings. The zero-order valence-electron chi connectivity index (χ0n) is 19.6. The zero-order valence-corrected chi connectivity index (χ0v) is 19.6. The van der Waals surface area contributed by atoms with Crippen molar-refractivity contribution >= 4 is 23.0 Å². The van der Waals surface area contributed by atoms with Gasteiger partial charge in [-0.3, -0.25) is 0 Å². The molecule has 1 N–H and O–H groups in total. The molecule has 1 aliphatic carbocycles. The number of alkyl carbamates (subject to hydrolysis) is 1. The quantitative estimate of drug-likeness (QED) is 0.232. The first kappa shape index (κ1) is 23.4. The van der Waals surface area contributed by atoms with Gasteiger partial charge >= 0.3 is 17.7 Å². The van der Waals surface area contributed by atoms with Crippen LogP contribution in [0.5, 0.6) is 5.75 Å². The van der Waals surface area contributed by atoms with Gasteiger partial charge in [-0.2, -0.15) is 0 Å². The fraction of sp³-hybridized carbons (Fsp3) is 0.207. The van der Waals surface area contributed by atoms with Gasteiger partial charge in [-0.15, -0.1) is 0 Å². The van der Waals surface area contributed by atoms with E-state index < -0.39 is 18.1 Å². The number of rotatable bonds is 7. The molecule has 3 aromatic carbocycles. The SMILES string of the molecule is O=C(NC(Cc1ccccc1)C(=O)Oc1ccc2c3c(c(=O)oc2c1)CCC3)OCc1ccccc1. The fourth-order valence-corrected chi connectivity index (χ4v) is 4.46. The molecule has 1 unspecified atom stereocenters. The van der Waals surface area contributed by atoms with E-state index in [1.165, 1.54) is 0 Å². The van der Waals surface area contributed by atoms with E-state index in [4.69, 9.17) is 13.9 Å². The Balaban J connectivity index is 1.32. The van der Waals surface area contributed by atoms with E-state index in [1.807, 2.05) is 60.7 Å². The second-order valence-electron chi connectivity index (χ2n) is 8.73. The third-order valence-electron chi connectivity index (χ3n) is 6.24. The number of nitrogens with one attached hydrogen (secondary N) is 1. The van der Waals surface area contributed by atoms with E-state index >= 15 is 0 Å². The van der Waals surface area contributed by atoms with Crippen LogP contribution < -0.4 is 15.7 Å². The lowest BCUT2D eigenvalue weighted by Crippen LogP contribution is -2.44. The second kappa shape index (κ2) is 10.5. The van der Waals surface area contributed by atoms with Crippen LogP contribution in [0.25, 0.3) is 11.0 Å². The molecule has 7 nitrogen and oxygen atoms in total. The first-order valence-electron chi connectivity index (χ1n) is 11.9. The van der Waals surface area contributed by atoms with Gasteiger partial charge in [0.15, 0.2) is 0 Å². The summed E-state index contributed by atoms with van der Waals surface area (Å²) in [4.78, 5) is 38.0. The summed E-state index contributed by atoms with van der Waals surface area (Å²) in [5.74, 6) is -0.426. The number of carbonyl (C=O) groups excluding carboxylic acids is 2. The Kier molecular flexibility index (Phi) is 6.80. The third-order valence-corrected chi connectivity index (χ3v) is 6.24. The molecule has 0 spiro atoms. The molecule has 182 valence electrons. The van der Waals surface area contributed by atoms with Crippen molar-refractivity contribution in [3.05, 3.63) is 112 Å². The Morgan fingerprint density at radius 1 is 0.889 bits per heavy atom. The lowest BCUT2D eigenvalue weighted by atomic mass is 10.1. The molecule has 1 atom stereocenters. The average Bonchev–Trinajstić information content (AvgIpc) is 3.39. The molecule has 0 saturated heterocycles. The van der Waals surface area contributed by atoms with Crippen molar-refractivity contribution in [3.8, 4) is 5.75 Å². The average molecular weight is 484 g/mol. The molecule has 0 radical (unpaired) electrons. The van der Waals surface area contributed by atoms with Gasteiger partial charge in [0, 0.05) is 23.4 Å². The van der Waals surface area contributed by atoms with Gasteiger partial charge in [0.05, 0.1) is 0 Å². The Morgan fingerprint density at radius 2 is 1.58 bits per heavy atom. The second-order valence-corrected chi connectivity index (χ2v) is 8.73. The first-order valence-corrected chi connectivity index (χ1v) is 11.9. The van der Waals surface area contributed by atoms with Crippen LogP contribution in [0.1, 0.15) is 28.7 Å². The monoisotopic (exact) mass is 483 g/mol. The summed E-state index contributed by atoms with van der Waals surface area (Å²) in [5, 5.41) is 3.48. The fourth-order valence-electron chi connectivity index (χ4n) is 4.46. The van der Waals surface area contributed by atoms with Crippen LogP contribution in [0.3, 0.4) is 0 Å². The van der Waals surface area contributed by atoms with Gasteiger partial charge in [0.2, 0.25) is 0 Å². The molecule has 1 aliphatic rings. The van der Waals surface area contributed by atoms with Gasteiger partial charge < -0.3 is 19.2 Å². The van der Waals surface area contributed by atoms with Crippen LogP contribution in [0.15, 0.2) is 88.1 Å². The minimum atomic E-state index is -0.988. The Labute approximate surface area is 207 Å². The molecule has 1 heterocycles. The minimum absolute atomic E-state index is 0.0772. The van der Waals surface area contributed by atoms with Crippen LogP contribution in [0, 0.1) is 0 Å². The molecule has 1 amide bonds. The molecule has 0 saturated carbocycles. The number of aryl methyl sites for hydroxylation is 1. The predicted molar refractivity (Wildman–Crippen MR) is 134 cm³/mol. The van der Waals surface area contributed by atoms with Gasteiger partial charge in [0.25, 0.3) is 0 Å². The summed E-state index contributed by atoms with van der Waals surface area (Å²) in [5.41, 5.74) is 3.45. The van der Waals surface area contributed by atoms with Gasteiger partial charge in [-0.25, -0.2) is 14.4 Å². The van der Waals surface area contributed by atoms with Crippen molar-refractivity contribution in [2.24, 2.45) is 0 Å². The molecule has 5 rings (SSSR count). The van der Waals surface area contributed by atoms with Crippen LogP contribution in [0.4, 0.5) is 4.79 Å². The maximum absolute atomic E-state index is 13.1. The van der Waals surface area contributed by atoms with Gasteiger partial charge in [0.1, 0.15) is 24.0 Å². The highest BCUT2D eigenvalue weighted by molar-refractivity contribution is 5.86. The highest BCUT2D eigenvalue weighted by Crippen LogP contribution is 2.29. The number of fused-ring (bicyclic) bond motifs is 3. The lowest BCUT2D eigenvalue weighted by Gasteiger charge is -2.18. The summed E-state index contributed by atoms with van der Waals surface area (Å²) < 4.78 is 16.4. The maximum Gasteiger partial charge on any atom is 0.408 e. The van der Waals surface area contributed by atoms with Crippen molar-refractivity contribution in [3.63, 3.8) is 0 Å². The van der Waals surface area contributed by atoms with Crippen molar-refractivity contribution in [1.29, 1.82) is 0 Å². The molecule has 36 heavy (non-hydrogen) atoms. The Bertz CT molecular complexity index is 1450. The van der Waals surface area contributed by atoms with Crippen molar-refractivity contribution in [2.75, 3.05) is 0 Å². The Hall–Kier alpha value is -4.39. The number of carbonyl (C=O) groups is 2. The number of amides is 1. The molecule has 1 aromatic heterocycles. The van der Waals surface area contributed by atoms with E-state index in [0.29, 0.717) is 5.58 Å². The molecule has 0 fully saturated rings. The van der Waals surface area contributed by atoms with Crippen LogP contribution in [-0.2, 0) is 35.4 Å². The van der Waals surface area contributed by atoms with Gasteiger partial charge in [-0.1, -0.05) is 60.7 Å². The first-order chi connectivity index (χ1) is 17.6. The van der Waals surface area contributed by atoms with Gasteiger partial charge in [-0.05, 0) is 48.1 Å². The van der Waals surface area contributed by atoms with Crippen LogP contribution in [0.2, 0.25) is 0 Å². The normalized spacial score (nSPS) is 13.1. The van der Waals surface area contributed by atoms with E-state index in [1.54, 1.807) is 18.2 Å².